The molecule has 1 N–H and O–H groups in total. The van der Waals surface area contributed by atoms with E-state index in [-0.39, 0.29) is 23.6 Å². The summed E-state index contributed by atoms with van der Waals surface area (Å²) in [6.07, 6.45) is 4.44. The number of amides is 1. The third-order valence-corrected chi connectivity index (χ3v) is 5.24. The standard InChI is InChI=1S/C26H25F2N5O3/c1-26(2,3)16-29-24(34)31-13-11-20(12-14-31)36-19-9-7-18(8-10-19)33-25(35)32(17-30-33)15-21-22(27)5-4-6-23(21)28/h4-14,17H,15-16H2,1-3H3/p+1. The van der Waals surface area contributed by atoms with Crippen molar-refractivity contribution in [3.05, 3.63) is 101 Å². The summed E-state index contributed by atoms with van der Waals surface area (Å²) in [5.74, 6) is -0.424. The van der Waals surface area contributed by atoms with E-state index in [4.69, 9.17) is 4.74 Å². The molecule has 0 aliphatic carbocycles. The lowest BCUT2D eigenvalue weighted by Gasteiger charge is -2.14. The van der Waals surface area contributed by atoms with E-state index in [0.29, 0.717) is 23.7 Å². The molecule has 186 valence electrons. The molecule has 0 atom stereocenters. The summed E-state index contributed by atoms with van der Waals surface area (Å²) in [6, 6.07) is 13.2. The number of ether oxygens (including phenoxy) is 1. The molecule has 36 heavy (non-hydrogen) atoms. The van der Waals surface area contributed by atoms with Gasteiger partial charge in [0.1, 0.15) is 41.9 Å². The lowest BCUT2D eigenvalue weighted by Crippen LogP contribution is -2.51. The molecule has 8 nitrogen and oxygen atoms in total. The fraction of sp³-hybridized carbons (Fsp3) is 0.231. The molecule has 0 spiro atoms. The third-order valence-electron chi connectivity index (χ3n) is 5.24. The lowest BCUT2D eigenvalue weighted by molar-refractivity contribution is -0.572. The van der Waals surface area contributed by atoms with Crippen LogP contribution in [0.4, 0.5) is 13.6 Å². The van der Waals surface area contributed by atoms with E-state index in [1.165, 1.54) is 17.0 Å². The Labute approximate surface area is 206 Å². The van der Waals surface area contributed by atoms with Crippen molar-refractivity contribution >= 4 is 6.03 Å². The first-order valence-electron chi connectivity index (χ1n) is 11.3. The zero-order valence-corrected chi connectivity index (χ0v) is 20.1. The molecule has 0 bridgehead atoms. The minimum atomic E-state index is -0.729. The molecule has 2 aromatic carbocycles. The number of hydrogen-bond donors (Lipinski definition) is 1. The first-order chi connectivity index (χ1) is 17.1. The van der Waals surface area contributed by atoms with Gasteiger partial charge in [0.25, 0.3) is 0 Å². The highest BCUT2D eigenvalue weighted by atomic mass is 19.1. The Morgan fingerprint density at radius 2 is 1.61 bits per heavy atom. The van der Waals surface area contributed by atoms with Crippen LogP contribution in [0.1, 0.15) is 26.3 Å². The second-order valence-electron chi connectivity index (χ2n) is 9.41. The number of aromatic nitrogens is 4. The molecule has 0 aliphatic rings. The van der Waals surface area contributed by atoms with E-state index in [0.717, 1.165) is 21.4 Å². The van der Waals surface area contributed by atoms with Gasteiger partial charge in [-0.2, -0.15) is 19.1 Å². The molecule has 0 radical (unpaired) electrons. The summed E-state index contributed by atoms with van der Waals surface area (Å²) in [5, 5.41) is 6.92. The molecule has 10 heteroatoms. The highest BCUT2D eigenvalue weighted by Crippen LogP contribution is 2.21. The largest absolute Gasteiger partial charge is 0.495 e. The first kappa shape index (κ1) is 24.8. The van der Waals surface area contributed by atoms with Gasteiger partial charge in [-0.25, -0.2) is 18.9 Å². The summed E-state index contributed by atoms with van der Waals surface area (Å²) >= 11 is 0. The van der Waals surface area contributed by atoms with Crippen LogP contribution >= 0.6 is 0 Å². The third kappa shape index (κ3) is 5.83. The maximum Gasteiger partial charge on any atom is 0.495 e. The minimum Gasteiger partial charge on any atom is -0.457 e. The fourth-order valence-electron chi connectivity index (χ4n) is 3.31. The van der Waals surface area contributed by atoms with Crippen molar-refractivity contribution < 1.29 is 22.9 Å². The van der Waals surface area contributed by atoms with Crippen molar-refractivity contribution in [1.82, 2.24) is 19.7 Å². The fourth-order valence-corrected chi connectivity index (χ4v) is 3.31. The number of carbonyl (C=O) groups is 1. The maximum atomic E-state index is 13.9. The predicted octanol–water partition coefficient (Wildman–Crippen LogP) is 4.04. The zero-order chi connectivity index (χ0) is 25.9. The summed E-state index contributed by atoms with van der Waals surface area (Å²) in [6.45, 7) is 6.38. The van der Waals surface area contributed by atoms with Gasteiger partial charge in [0, 0.05) is 17.7 Å². The lowest BCUT2D eigenvalue weighted by atomic mass is 9.97. The SMILES string of the molecule is CC(C)(C)CNC(=O)[n+]1ccc(Oc2ccc(-n3ncn(Cc4c(F)cccc4F)c3=O)cc2)cc1. The van der Waals surface area contributed by atoms with E-state index in [1.807, 2.05) is 20.8 Å². The Kier molecular flexibility index (Phi) is 6.96. The molecule has 0 aliphatic heterocycles. The number of carbonyl (C=O) groups excluding carboxylic acids is 1. The van der Waals surface area contributed by atoms with Crippen molar-refractivity contribution in [3.63, 3.8) is 0 Å². The molecular formula is C26H26F2N5O3+. The van der Waals surface area contributed by atoms with Crippen LogP contribution in [0.15, 0.2) is 78.1 Å². The molecule has 0 unspecified atom stereocenters. The molecule has 0 fully saturated rings. The normalized spacial score (nSPS) is 11.4. The van der Waals surface area contributed by atoms with E-state index in [1.54, 1.807) is 48.8 Å². The number of hydrogen-bond acceptors (Lipinski definition) is 4. The Bertz CT molecular complexity index is 1400. The van der Waals surface area contributed by atoms with Gasteiger partial charge >= 0.3 is 11.7 Å². The molecule has 4 aromatic rings. The van der Waals surface area contributed by atoms with E-state index in [9.17, 15) is 18.4 Å². The second-order valence-corrected chi connectivity index (χ2v) is 9.41. The smallest absolute Gasteiger partial charge is 0.457 e. The van der Waals surface area contributed by atoms with Crippen LogP contribution in [0.5, 0.6) is 11.5 Å². The molecule has 0 saturated carbocycles. The van der Waals surface area contributed by atoms with Gasteiger partial charge in [-0.15, -0.1) is 0 Å². The van der Waals surface area contributed by atoms with Crippen LogP contribution in [0.3, 0.4) is 0 Å². The molecular weight excluding hydrogens is 468 g/mol. The average molecular weight is 495 g/mol. The highest BCUT2D eigenvalue weighted by molar-refractivity contribution is 5.64. The summed E-state index contributed by atoms with van der Waals surface area (Å²) < 4.78 is 37.4. The van der Waals surface area contributed by atoms with Crippen LogP contribution in [0.2, 0.25) is 0 Å². The van der Waals surface area contributed by atoms with E-state index >= 15 is 0 Å². The summed E-state index contributed by atoms with van der Waals surface area (Å²) in [5.41, 5.74) is -0.309. The van der Waals surface area contributed by atoms with E-state index in [2.05, 4.69) is 10.4 Å². The van der Waals surface area contributed by atoms with Gasteiger partial charge in [-0.05, 0) is 41.8 Å². The molecule has 2 heterocycles. The molecule has 1 amide bonds. The van der Waals surface area contributed by atoms with Crippen LogP contribution in [0, 0.1) is 17.0 Å². The summed E-state index contributed by atoms with van der Waals surface area (Å²) in [7, 11) is 0. The van der Waals surface area contributed by atoms with Crippen molar-refractivity contribution in [2.24, 2.45) is 5.41 Å². The molecule has 0 saturated heterocycles. The van der Waals surface area contributed by atoms with Crippen molar-refractivity contribution in [2.45, 2.75) is 27.3 Å². The molecule has 2 aromatic heterocycles. The van der Waals surface area contributed by atoms with Crippen LogP contribution in [-0.4, -0.2) is 26.9 Å². The predicted molar refractivity (Wildman–Crippen MR) is 128 cm³/mol. The van der Waals surface area contributed by atoms with Crippen LogP contribution in [-0.2, 0) is 6.54 Å². The van der Waals surface area contributed by atoms with Gasteiger partial charge in [-0.1, -0.05) is 26.8 Å². The van der Waals surface area contributed by atoms with Gasteiger partial charge in [0.2, 0.25) is 0 Å². The Morgan fingerprint density at radius 1 is 1.00 bits per heavy atom. The van der Waals surface area contributed by atoms with Gasteiger partial charge in [-0.3, -0.25) is 4.57 Å². The number of halogens is 2. The van der Waals surface area contributed by atoms with Gasteiger partial charge < -0.3 is 4.74 Å². The summed E-state index contributed by atoms with van der Waals surface area (Å²) in [4.78, 5) is 24.9. The van der Waals surface area contributed by atoms with Gasteiger partial charge in [0.15, 0.2) is 0 Å². The van der Waals surface area contributed by atoms with E-state index < -0.39 is 17.3 Å². The topological polar surface area (TPSA) is 82.0 Å². The van der Waals surface area contributed by atoms with Crippen LogP contribution < -0.4 is 20.3 Å². The number of rotatable bonds is 6. The Morgan fingerprint density at radius 3 is 2.22 bits per heavy atom. The number of nitrogens with one attached hydrogen (secondary N) is 1. The van der Waals surface area contributed by atoms with Crippen molar-refractivity contribution in [1.29, 1.82) is 0 Å². The second kappa shape index (κ2) is 10.1. The first-order valence-corrected chi connectivity index (χ1v) is 11.3. The van der Waals surface area contributed by atoms with Gasteiger partial charge in [0.05, 0.1) is 18.8 Å². The minimum absolute atomic E-state index is 0.0214. The molecule has 4 rings (SSSR count). The average Bonchev–Trinajstić information content (AvgIpc) is 3.20. The monoisotopic (exact) mass is 494 g/mol. The number of nitrogens with zero attached hydrogens (tertiary/aromatic N) is 4. The Hall–Kier alpha value is -4.34. The number of pyridine rings is 1. The highest BCUT2D eigenvalue weighted by Gasteiger charge is 2.19. The van der Waals surface area contributed by atoms with Crippen LogP contribution in [0.25, 0.3) is 5.69 Å². The van der Waals surface area contributed by atoms with Crippen molar-refractivity contribution in [2.75, 3.05) is 6.54 Å². The zero-order valence-electron chi connectivity index (χ0n) is 20.1. The van der Waals surface area contributed by atoms with Crippen molar-refractivity contribution in [3.8, 4) is 17.2 Å². The maximum absolute atomic E-state index is 13.9. The Balaban J connectivity index is 1.42. The quantitative estimate of drug-likeness (QED) is 0.410. The number of benzene rings is 2.